The number of likely N-dealkylation sites (tertiary alicyclic amines) is 1. The lowest BCUT2D eigenvalue weighted by atomic mass is 10.1. The van der Waals surface area contributed by atoms with Crippen LogP contribution in [0.3, 0.4) is 0 Å². The van der Waals surface area contributed by atoms with Crippen LogP contribution in [0.5, 0.6) is 5.75 Å². The summed E-state index contributed by atoms with van der Waals surface area (Å²) in [5.74, 6) is 0.531. The SMILES string of the molecule is CCCC(=O)N1CC[C@@H]2[C@@H](CC1)Oc1ccccc1S(=O)(=O)N2Cc1ccccc1. The number of rotatable bonds is 4. The first-order valence-electron chi connectivity index (χ1n) is 10.6. The van der Waals surface area contributed by atoms with E-state index in [2.05, 4.69) is 0 Å². The van der Waals surface area contributed by atoms with Crippen LogP contribution in [0.1, 0.15) is 38.2 Å². The lowest BCUT2D eigenvalue weighted by molar-refractivity contribution is -0.131. The summed E-state index contributed by atoms with van der Waals surface area (Å²) < 4.78 is 35.2. The molecule has 1 saturated heterocycles. The van der Waals surface area contributed by atoms with Crippen molar-refractivity contribution in [3.8, 4) is 5.75 Å². The molecule has 0 N–H and O–H groups in total. The van der Waals surface area contributed by atoms with Crippen molar-refractivity contribution in [2.24, 2.45) is 0 Å². The predicted octanol–water partition coefficient (Wildman–Crippen LogP) is 3.43. The third-order valence-corrected chi connectivity index (χ3v) is 7.80. The van der Waals surface area contributed by atoms with Crippen molar-refractivity contribution in [1.29, 1.82) is 0 Å². The fourth-order valence-electron chi connectivity index (χ4n) is 4.34. The van der Waals surface area contributed by atoms with Crippen LogP contribution in [0.15, 0.2) is 59.5 Å². The van der Waals surface area contributed by atoms with Crippen LogP contribution < -0.4 is 4.74 Å². The maximum Gasteiger partial charge on any atom is 0.247 e. The number of carbonyl (C=O) groups is 1. The molecule has 7 heteroatoms. The van der Waals surface area contributed by atoms with Crippen molar-refractivity contribution in [1.82, 2.24) is 9.21 Å². The Hall–Kier alpha value is -2.38. The van der Waals surface area contributed by atoms with Gasteiger partial charge in [0.25, 0.3) is 0 Å². The fourth-order valence-corrected chi connectivity index (χ4v) is 6.13. The second-order valence-corrected chi connectivity index (χ2v) is 9.77. The molecule has 0 aromatic heterocycles. The van der Waals surface area contributed by atoms with Crippen molar-refractivity contribution in [2.45, 2.75) is 56.2 Å². The molecule has 2 heterocycles. The minimum absolute atomic E-state index is 0.131. The summed E-state index contributed by atoms with van der Waals surface area (Å²) in [6.45, 7) is 3.40. The summed E-state index contributed by atoms with van der Waals surface area (Å²) in [7, 11) is -3.75. The number of amides is 1. The zero-order valence-electron chi connectivity index (χ0n) is 17.2. The van der Waals surface area contributed by atoms with Crippen LogP contribution in [-0.4, -0.2) is 48.8 Å². The Morgan fingerprint density at radius 2 is 1.73 bits per heavy atom. The molecule has 4 rings (SSSR count). The highest BCUT2D eigenvalue weighted by Crippen LogP contribution is 2.37. The Balaban J connectivity index is 1.72. The average molecular weight is 429 g/mol. The van der Waals surface area contributed by atoms with E-state index in [1.807, 2.05) is 42.2 Å². The second kappa shape index (κ2) is 8.78. The van der Waals surface area contributed by atoms with Crippen molar-refractivity contribution in [3.05, 3.63) is 60.2 Å². The number of ether oxygens (including phenoxy) is 1. The van der Waals surface area contributed by atoms with E-state index in [-0.39, 0.29) is 29.5 Å². The molecule has 0 saturated carbocycles. The third kappa shape index (κ3) is 4.09. The Labute approximate surface area is 178 Å². The van der Waals surface area contributed by atoms with Crippen LogP contribution in [0.2, 0.25) is 0 Å². The Kier molecular flexibility index (Phi) is 6.11. The van der Waals surface area contributed by atoms with Gasteiger partial charge in [-0.15, -0.1) is 0 Å². The molecule has 2 aromatic rings. The van der Waals surface area contributed by atoms with Gasteiger partial charge < -0.3 is 9.64 Å². The molecule has 0 spiro atoms. The monoisotopic (exact) mass is 428 g/mol. The minimum atomic E-state index is -3.75. The molecule has 0 unspecified atom stereocenters. The van der Waals surface area contributed by atoms with Gasteiger partial charge in [-0.2, -0.15) is 4.31 Å². The Morgan fingerprint density at radius 1 is 1.03 bits per heavy atom. The number of hydrogen-bond donors (Lipinski definition) is 0. The first kappa shape index (κ1) is 20.9. The Morgan fingerprint density at radius 3 is 2.50 bits per heavy atom. The zero-order valence-corrected chi connectivity index (χ0v) is 18.1. The van der Waals surface area contributed by atoms with E-state index in [1.54, 1.807) is 28.6 Å². The van der Waals surface area contributed by atoms with Crippen molar-refractivity contribution < 1.29 is 17.9 Å². The zero-order chi connectivity index (χ0) is 21.1. The molecule has 6 nitrogen and oxygen atoms in total. The highest BCUT2D eigenvalue weighted by molar-refractivity contribution is 7.89. The van der Waals surface area contributed by atoms with Crippen LogP contribution in [-0.2, 0) is 21.4 Å². The number of benzene rings is 2. The highest BCUT2D eigenvalue weighted by atomic mass is 32.2. The van der Waals surface area contributed by atoms with Gasteiger partial charge in [-0.3, -0.25) is 4.79 Å². The largest absolute Gasteiger partial charge is 0.487 e. The summed E-state index contributed by atoms with van der Waals surface area (Å²) in [5, 5.41) is 0. The fraction of sp³-hybridized carbons (Fsp3) is 0.435. The van der Waals surface area contributed by atoms with E-state index >= 15 is 0 Å². The molecule has 2 aliphatic heterocycles. The van der Waals surface area contributed by atoms with E-state index in [0.29, 0.717) is 38.1 Å². The summed E-state index contributed by atoms with van der Waals surface area (Å²) >= 11 is 0. The average Bonchev–Trinajstić information content (AvgIpc) is 2.99. The summed E-state index contributed by atoms with van der Waals surface area (Å²) in [6, 6.07) is 16.2. The van der Waals surface area contributed by atoms with Crippen molar-refractivity contribution in [2.75, 3.05) is 13.1 Å². The van der Waals surface area contributed by atoms with Crippen LogP contribution in [0.25, 0.3) is 0 Å². The lowest BCUT2D eigenvalue weighted by Crippen LogP contribution is -2.46. The smallest absolute Gasteiger partial charge is 0.247 e. The summed E-state index contributed by atoms with van der Waals surface area (Å²) in [5.41, 5.74) is 0.933. The molecule has 0 radical (unpaired) electrons. The molecule has 0 aliphatic carbocycles. The van der Waals surface area contributed by atoms with Crippen LogP contribution in [0, 0.1) is 0 Å². The lowest BCUT2D eigenvalue weighted by Gasteiger charge is -2.31. The number of nitrogens with zero attached hydrogens (tertiary/aromatic N) is 2. The van der Waals surface area contributed by atoms with Crippen molar-refractivity contribution in [3.63, 3.8) is 0 Å². The first-order chi connectivity index (χ1) is 14.5. The van der Waals surface area contributed by atoms with Gasteiger partial charge in [-0.05, 0) is 30.5 Å². The molecular weight excluding hydrogens is 400 g/mol. The number of fused-ring (bicyclic) bond motifs is 2. The van der Waals surface area contributed by atoms with E-state index < -0.39 is 10.0 Å². The van der Waals surface area contributed by atoms with Gasteiger partial charge in [-0.1, -0.05) is 49.4 Å². The van der Waals surface area contributed by atoms with Gasteiger partial charge in [0.15, 0.2) is 0 Å². The number of hydrogen-bond acceptors (Lipinski definition) is 4. The maximum atomic E-state index is 13.7. The predicted molar refractivity (Wildman–Crippen MR) is 115 cm³/mol. The quantitative estimate of drug-likeness (QED) is 0.748. The molecular formula is C23H28N2O4S. The van der Waals surface area contributed by atoms with Gasteiger partial charge in [-0.25, -0.2) is 8.42 Å². The van der Waals surface area contributed by atoms with Crippen molar-refractivity contribution >= 4 is 15.9 Å². The second-order valence-electron chi connectivity index (χ2n) is 7.91. The molecule has 2 atom stereocenters. The molecule has 0 bridgehead atoms. The van der Waals surface area contributed by atoms with Gasteiger partial charge in [0, 0.05) is 32.5 Å². The number of para-hydroxylation sites is 1. The summed E-state index contributed by atoms with van der Waals surface area (Å²) in [4.78, 5) is 14.6. The molecule has 1 amide bonds. The first-order valence-corrected chi connectivity index (χ1v) is 12.0. The van der Waals surface area contributed by atoms with E-state index in [4.69, 9.17) is 4.74 Å². The molecule has 2 aromatic carbocycles. The molecule has 1 fully saturated rings. The normalized spacial score (nSPS) is 23.4. The topological polar surface area (TPSA) is 66.9 Å². The molecule has 30 heavy (non-hydrogen) atoms. The van der Waals surface area contributed by atoms with Crippen LogP contribution >= 0.6 is 0 Å². The van der Waals surface area contributed by atoms with E-state index in [9.17, 15) is 13.2 Å². The van der Waals surface area contributed by atoms with E-state index in [0.717, 1.165) is 12.0 Å². The number of sulfonamides is 1. The van der Waals surface area contributed by atoms with Gasteiger partial charge in [0.1, 0.15) is 16.7 Å². The van der Waals surface area contributed by atoms with Gasteiger partial charge in [0.2, 0.25) is 15.9 Å². The standard InChI is InChI=1S/C23H28N2O4S/c1-2-8-23(26)24-15-13-19-20(14-16-24)29-21-11-6-7-12-22(21)30(27,28)25(19)17-18-9-4-3-5-10-18/h3-7,9-12,19-20H,2,8,13-17H2,1H3/t19-,20-/m1/s1. The number of carbonyl (C=O) groups excluding carboxylic acids is 1. The summed E-state index contributed by atoms with van der Waals surface area (Å²) in [6.07, 6.45) is 2.19. The highest BCUT2D eigenvalue weighted by Gasteiger charge is 2.43. The van der Waals surface area contributed by atoms with Gasteiger partial charge in [0.05, 0.1) is 6.04 Å². The third-order valence-electron chi connectivity index (χ3n) is 5.89. The van der Waals surface area contributed by atoms with Crippen LogP contribution in [0.4, 0.5) is 0 Å². The Bertz CT molecular complexity index is 993. The van der Waals surface area contributed by atoms with Gasteiger partial charge >= 0.3 is 0 Å². The molecule has 160 valence electrons. The van der Waals surface area contributed by atoms with E-state index in [1.165, 1.54) is 0 Å². The molecule has 2 aliphatic rings. The maximum absolute atomic E-state index is 13.7. The minimum Gasteiger partial charge on any atom is -0.487 e.